The van der Waals surface area contributed by atoms with E-state index in [0.29, 0.717) is 34.4 Å². The summed E-state index contributed by atoms with van der Waals surface area (Å²) in [6.45, 7) is 0.105. The van der Waals surface area contributed by atoms with Gasteiger partial charge >= 0.3 is 5.97 Å². The van der Waals surface area contributed by atoms with Gasteiger partial charge in [-0.15, -0.1) is 5.10 Å². The molecule has 45 heavy (non-hydrogen) atoms. The second kappa shape index (κ2) is 11.1. The lowest BCUT2D eigenvalue weighted by Gasteiger charge is -2.39. The number of rotatable bonds is 7. The molecule has 3 heterocycles. The number of methoxy groups -OCH3 is 3. The van der Waals surface area contributed by atoms with Gasteiger partial charge in [-0.3, -0.25) is 9.59 Å². The monoisotopic (exact) mass is 636 g/mol. The minimum Gasteiger partial charge on any atom is -0.493 e. The summed E-state index contributed by atoms with van der Waals surface area (Å²) in [6.07, 6.45) is 1.38. The molecular formula is C31H26ClFN4O8. The van der Waals surface area contributed by atoms with Gasteiger partial charge in [-0.05, 0) is 53.1 Å². The smallest absolute Gasteiger partial charge is 0.310 e. The maximum absolute atomic E-state index is 14.1. The van der Waals surface area contributed by atoms with Crippen LogP contribution in [0.3, 0.4) is 0 Å². The van der Waals surface area contributed by atoms with Crippen LogP contribution in [0.1, 0.15) is 39.1 Å². The number of amides is 1. The molecule has 0 spiro atoms. The Morgan fingerprint density at radius 1 is 1.00 bits per heavy atom. The maximum Gasteiger partial charge on any atom is 0.310 e. The van der Waals surface area contributed by atoms with Crippen LogP contribution in [0.4, 0.5) is 4.39 Å². The summed E-state index contributed by atoms with van der Waals surface area (Å²) in [6, 6.07) is 10.7. The van der Waals surface area contributed by atoms with Crippen molar-refractivity contribution in [2.75, 3.05) is 34.7 Å². The first-order chi connectivity index (χ1) is 21.8. The van der Waals surface area contributed by atoms with Crippen LogP contribution in [-0.4, -0.2) is 61.6 Å². The Labute approximate surface area is 260 Å². The Morgan fingerprint density at radius 3 is 2.38 bits per heavy atom. The van der Waals surface area contributed by atoms with Gasteiger partial charge in [0.1, 0.15) is 5.82 Å². The third-order valence-corrected chi connectivity index (χ3v) is 8.72. The van der Waals surface area contributed by atoms with Crippen LogP contribution < -0.4 is 29.0 Å². The number of benzene rings is 3. The predicted molar refractivity (Wildman–Crippen MR) is 155 cm³/mol. The normalized spacial score (nSPS) is 21.0. The molecule has 3 aliphatic rings. The Kier molecular flexibility index (Phi) is 7.11. The molecule has 232 valence electrons. The van der Waals surface area contributed by atoms with Crippen molar-refractivity contribution in [3.63, 3.8) is 0 Å². The highest BCUT2D eigenvalue weighted by atomic mass is 35.5. The summed E-state index contributed by atoms with van der Waals surface area (Å²) in [4.78, 5) is 27.1. The SMILES string of the molecule is COc1cc([C@@H]2c3cc4c(cc3[C@@H](NC(=O)c3cn(-c5ccc(Cl)c(F)c5)nn3)[C@H]3COC(=O)[C@H]23)OCO4)cc(OC)c1OC. The number of halogens is 2. The van der Waals surface area contributed by atoms with Crippen molar-refractivity contribution in [2.45, 2.75) is 12.0 Å². The zero-order valence-corrected chi connectivity index (χ0v) is 25.0. The highest BCUT2D eigenvalue weighted by Crippen LogP contribution is 2.55. The van der Waals surface area contributed by atoms with Gasteiger partial charge < -0.3 is 33.7 Å². The van der Waals surface area contributed by atoms with Crippen LogP contribution in [-0.2, 0) is 9.53 Å². The molecule has 4 atom stereocenters. The summed E-state index contributed by atoms with van der Waals surface area (Å²) in [5.74, 6) is -0.954. The Bertz CT molecular complexity index is 1820. The molecule has 0 bridgehead atoms. The van der Waals surface area contributed by atoms with Crippen LogP contribution in [0.5, 0.6) is 28.7 Å². The highest BCUT2D eigenvalue weighted by Gasteiger charge is 2.53. The Morgan fingerprint density at radius 2 is 1.71 bits per heavy atom. The van der Waals surface area contributed by atoms with E-state index in [9.17, 15) is 14.0 Å². The predicted octanol–water partition coefficient (Wildman–Crippen LogP) is 4.22. The highest BCUT2D eigenvalue weighted by molar-refractivity contribution is 6.30. The average molecular weight is 637 g/mol. The fraction of sp³-hybridized carbons (Fsp3) is 0.290. The number of cyclic esters (lactones) is 1. The largest absolute Gasteiger partial charge is 0.493 e. The third kappa shape index (κ3) is 4.74. The van der Waals surface area contributed by atoms with Gasteiger partial charge in [-0.2, -0.15) is 0 Å². The van der Waals surface area contributed by atoms with E-state index in [0.717, 1.165) is 16.7 Å². The first-order valence-corrected chi connectivity index (χ1v) is 14.3. The lowest BCUT2D eigenvalue weighted by Crippen LogP contribution is -2.43. The number of carbonyl (C=O) groups excluding carboxylic acids is 2. The first kappa shape index (κ1) is 28.7. The van der Waals surface area contributed by atoms with Crippen molar-refractivity contribution in [1.29, 1.82) is 0 Å². The van der Waals surface area contributed by atoms with Gasteiger partial charge in [0.25, 0.3) is 5.91 Å². The number of nitrogens with zero attached hydrogens (tertiary/aromatic N) is 3. The van der Waals surface area contributed by atoms with E-state index < -0.39 is 41.5 Å². The molecule has 1 N–H and O–H groups in total. The number of hydrogen-bond donors (Lipinski definition) is 1. The van der Waals surface area contributed by atoms with Crippen LogP contribution in [0.15, 0.2) is 48.7 Å². The molecule has 12 nitrogen and oxygen atoms in total. The first-order valence-electron chi connectivity index (χ1n) is 13.9. The number of ether oxygens (including phenoxy) is 6. The second-order valence-electron chi connectivity index (χ2n) is 10.7. The number of esters is 1. The lowest BCUT2D eigenvalue weighted by molar-refractivity contribution is -0.141. The summed E-state index contributed by atoms with van der Waals surface area (Å²) in [7, 11) is 4.55. The minimum absolute atomic E-state index is 0.0128. The topological polar surface area (TPSA) is 132 Å². The molecule has 1 aliphatic carbocycles. The van der Waals surface area contributed by atoms with Crippen molar-refractivity contribution < 1.29 is 42.4 Å². The number of nitrogens with one attached hydrogen (secondary N) is 1. The minimum atomic E-state index is -0.682. The van der Waals surface area contributed by atoms with Crippen molar-refractivity contribution in [3.8, 4) is 34.4 Å². The van der Waals surface area contributed by atoms with Crippen molar-refractivity contribution in [2.24, 2.45) is 11.8 Å². The van der Waals surface area contributed by atoms with Gasteiger partial charge in [0.2, 0.25) is 12.5 Å². The molecule has 1 saturated heterocycles. The fourth-order valence-electron chi connectivity index (χ4n) is 6.37. The molecule has 1 fully saturated rings. The molecule has 7 rings (SSSR count). The summed E-state index contributed by atoms with van der Waals surface area (Å²) < 4.78 is 49.1. The fourth-order valence-corrected chi connectivity index (χ4v) is 6.48. The average Bonchev–Trinajstić information content (AvgIpc) is 3.81. The van der Waals surface area contributed by atoms with Crippen LogP contribution in [0.25, 0.3) is 5.69 Å². The van der Waals surface area contributed by atoms with Gasteiger partial charge in [-0.1, -0.05) is 16.8 Å². The summed E-state index contributed by atoms with van der Waals surface area (Å²) in [5, 5.41) is 11.0. The number of aromatic nitrogens is 3. The molecule has 1 amide bonds. The van der Waals surface area contributed by atoms with E-state index in [4.69, 9.17) is 40.0 Å². The molecule has 3 aromatic carbocycles. The van der Waals surface area contributed by atoms with E-state index in [1.807, 2.05) is 12.1 Å². The van der Waals surface area contributed by atoms with Crippen LogP contribution in [0.2, 0.25) is 5.02 Å². The Balaban J connectivity index is 1.31. The van der Waals surface area contributed by atoms with Gasteiger partial charge in [0.15, 0.2) is 28.7 Å². The van der Waals surface area contributed by atoms with Gasteiger partial charge in [0.05, 0.1) is 56.8 Å². The quantitative estimate of drug-likeness (QED) is 0.294. The van der Waals surface area contributed by atoms with E-state index in [-0.39, 0.29) is 24.1 Å². The summed E-state index contributed by atoms with van der Waals surface area (Å²) in [5.41, 5.74) is 2.50. The standard InChI is InChI=1S/C31H26ClFN4O8/c1-40-24-6-14(7-25(41-2)29(24)42-3)26-16-9-22-23(45-13-44-22)10-17(16)28(18-12-43-31(39)27(18)26)34-30(38)21-11-37(36-35-21)15-4-5-19(32)20(33)8-15/h4-11,18,26-28H,12-13H2,1-3H3,(H,34,38)/t18-,26+,27-,28+/m0/s1. The molecule has 0 unspecified atom stereocenters. The lowest BCUT2D eigenvalue weighted by atomic mass is 9.65. The Hall–Kier alpha value is -5.04. The van der Waals surface area contributed by atoms with Gasteiger partial charge in [-0.25, -0.2) is 9.07 Å². The van der Waals surface area contributed by atoms with Crippen LogP contribution >= 0.6 is 11.6 Å². The molecule has 2 aliphatic heterocycles. The zero-order valence-electron chi connectivity index (χ0n) is 24.2. The molecule has 0 radical (unpaired) electrons. The molecular weight excluding hydrogens is 611 g/mol. The summed E-state index contributed by atoms with van der Waals surface area (Å²) >= 11 is 5.80. The van der Waals surface area contributed by atoms with Crippen molar-refractivity contribution in [1.82, 2.24) is 20.3 Å². The van der Waals surface area contributed by atoms with Gasteiger partial charge in [0, 0.05) is 17.9 Å². The van der Waals surface area contributed by atoms with E-state index in [2.05, 4.69) is 15.6 Å². The zero-order chi connectivity index (χ0) is 31.4. The third-order valence-electron chi connectivity index (χ3n) is 8.41. The van der Waals surface area contributed by atoms with E-state index >= 15 is 0 Å². The van der Waals surface area contributed by atoms with Crippen LogP contribution in [0, 0.1) is 17.7 Å². The maximum atomic E-state index is 14.1. The number of hydrogen-bond acceptors (Lipinski definition) is 10. The molecule has 1 aromatic heterocycles. The molecule has 14 heteroatoms. The molecule has 4 aromatic rings. The van der Waals surface area contributed by atoms with E-state index in [1.165, 1.54) is 44.3 Å². The van der Waals surface area contributed by atoms with E-state index in [1.54, 1.807) is 18.2 Å². The second-order valence-corrected chi connectivity index (χ2v) is 11.1. The van der Waals surface area contributed by atoms with Crippen molar-refractivity contribution >= 4 is 23.5 Å². The number of fused-ring (bicyclic) bond motifs is 3. The number of carbonyl (C=O) groups is 2. The van der Waals surface area contributed by atoms with Crippen molar-refractivity contribution in [3.05, 3.63) is 81.9 Å². The molecule has 0 saturated carbocycles.